The quantitative estimate of drug-likeness (QED) is 0.922. The van der Waals surface area contributed by atoms with Crippen molar-refractivity contribution < 1.29 is 9.32 Å². The molecular formula is C15H19N5O2. The molecule has 7 nitrogen and oxygen atoms in total. The summed E-state index contributed by atoms with van der Waals surface area (Å²) in [6.45, 7) is 2.44. The van der Waals surface area contributed by atoms with Crippen LogP contribution >= 0.6 is 0 Å². The van der Waals surface area contributed by atoms with Crippen molar-refractivity contribution in [1.82, 2.24) is 20.0 Å². The molecule has 1 aliphatic heterocycles. The summed E-state index contributed by atoms with van der Waals surface area (Å²) in [5, 5.41) is 6.88. The Hall–Kier alpha value is -2.44. The molecule has 1 atom stereocenters. The van der Waals surface area contributed by atoms with Gasteiger partial charge in [-0.3, -0.25) is 4.98 Å². The molecule has 0 radical (unpaired) electrons. The zero-order valence-corrected chi connectivity index (χ0v) is 12.5. The molecule has 7 heteroatoms. The predicted octanol–water partition coefficient (Wildman–Crippen LogP) is 2.92. The van der Waals surface area contributed by atoms with E-state index in [9.17, 15) is 4.79 Å². The number of anilines is 1. The molecule has 1 aliphatic rings. The highest BCUT2D eigenvalue weighted by Crippen LogP contribution is 2.29. The summed E-state index contributed by atoms with van der Waals surface area (Å²) >= 11 is 0. The Morgan fingerprint density at radius 2 is 2.32 bits per heavy atom. The lowest BCUT2D eigenvalue weighted by Gasteiger charge is -2.27. The molecule has 1 saturated heterocycles. The van der Waals surface area contributed by atoms with Crippen molar-refractivity contribution in [2.24, 2.45) is 0 Å². The maximum Gasteiger partial charge on any atom is 0.322 e. The second kappa shape index (κ2) is 6.55. The molecule has 0 unspecified atom stereocenters. The van der Waals surface area contributed by atoms with Crippen LogP contribution in [0.25, 0.3) is 0 Å². The van der Waals surface area contributed by atoms with Gasteiger partial charge in [0.25, 0.3) is 0 Å². The van der Waals surface area contributed by atoms with Crippen LogP contribution in [0.2, 0.25) is 0 Å². The summed E-state index contributed by atoms with van der Waals surface area (Å²) in [6, 6.07) is 3.31. The number of rotatable bonds is 2. The summed E-state index contributed by atoms with van der Waals surface area (Å²) in [6.07, 6.45) is 7.28. The molecule has 0 saturated carbocycles. The van der Waals surface area contributed by atoms with Gasteiger partial charge in [0.15, 0.2) is 5.82 Å². The van der Waals surface area contributed by atoms with Crippen LogP contribution < -0.4 is 5.32 Å². The molecule has 2 aromatic heterocycles. The van der Waals surface area contributed by atoms with Crippen LogP contribution in [0.1, 0.15) is 43.4 Å². The fraction of sp³-hybridized carbons (Fsp3) is 0.467. The Morgan fingerprint density at radius 1 is 1.41 bits per heavy atom. The highest BCUT2D eigenvalue weighted by atomic mass is 16.5. The van der Waals surface area contributed by atoms with Crippen LogP contribution in [0.4, 0.5) is 10.5 Å². The van der Waals surface area contributed by atoms with Crippen LogP contribution in [0, 0.1) is 6.92 Å². The lowest BCUT2D eigenvalue weighted by molar-refractivity contribution is 0.184. The third-order valence-corrected chi connectivity index (χ3v) is 3.77. The Kier molecular flexibility index (Phi) is 4.32. The van der Waals surface area contributed by atoms with E-state index in [2.05, 4.69) is 20.4 Å². The van der Waals surface area contributed by atoms with Crippen molar-refractivity contribution >= 4 is 11.7 Å². The average molecular weight is 301 g/mol. The smallest absolute Gasteiger partial charge is 0.322 e. The zero-order valence-electron chi connectivity index (χ0n) is 12.5. The molecular weight excluding hydrogens is 282 g/mol. The van der Waals surface area contributed by atoms with E-state index in [-0.39, 0.29) is 12.1 Å². The van der Waals surface area contributed by atoms with Crippen molar-refractivity contribution in [3.63, 3.8) is 0 Å². The van der Waals surface area contributed by atoms with E-state index in [1.165, 1.54) is 0 Å². The van der Waals surface area contributed by atoms with Crippen LogP contribution in [-0.4, -0.2) is 32.6 Å². The van der Waals surface area contributed by atoms with Crippen LogP contribution in [0.5, 0.6) is 0 Å². The van der Waals surface area contributed by atoms with Gasteiger partial charge >= 0.3 is 6.03 Å². The third-order valence-electron chi connectivity index (χ3n) is 3.77. The summed E-state index contributed by atoms with van der Waals surface area (Å²) in [7, 11) is 0. The SMILES string of the molecule is Cc1nc([C@@H]2CCCCCN2C(=O)Nc2cccnc2)no1. The maximum absolute atomic E-state index is 12.6. The Labute approximate surface area is 128 Å². The Bertz CT molecular complexity index is 628. The largest absolute Gasteiger partial charge is 0.340 e. The van der Waals surface area contributed by atoms with Gasteiger partial charge in [0.05, 0.1) is 17.9 Å². The van der Waals surface area contributed by atoms with Gasteiger partial charge in [-0.05, 0) is 25.0 Å². The summed E-state index contributed by atoms with van der Waals surface area (Å²) in [5.41, 5.74) is 0.680. The van der Waals surface area contributed by atoms with E-state index in [4.69, 9.17) is 4.52 Å². The fourth-order valence-electron chi connectivity index (χ4n) is 2.70. The molecule has 0 bridgehead atoms. The number of carbonyl (C=O) groups is 1. The summed E-state index contributed by atoms with van der Waals surface area (Å²) < 4.78 is 5.08. The van der Waals surface area contributed by atoms with Crippen LogP contribution in [0.15, 0.2) is 29.0 Å². The number of hydrogen-bond donors (Lipinski definition) is 1. The molecule has 1 fully saturated rings. The lowest BCUT2D eigenvalue weighted by Crippen LogP contribution is -2.38. The molecule has 0 spiro atoms. The Morgan fingerprint density at radius 3 is 3.05 bits per heavy atom. The monoisotopic (exact) mass is 301 g/mol. The molecule has 2 amide bonds. The number of aromatic nitrogens is 3. The van der Waals surface area contributed by atoms with E-state index in [0.717, 1.165) is 25.7 Å². The minimum Gasteiger partial charge on any atom is -0.340 e. The molecule has 3 rings (SSSR count). The minimum atomic E-state index is -0.151. The number of urea groups is 1. The first-order valence-corrected chi connectivity index (χ1v) is 7.52. The molecule has 2 aromatic rings. The van der Waals surface area contributed by atoms with E-state index in [1.54, 1.807) is 30.3 Å². The lowest BCUT2D eigenvalue weighted by atomic mass is 10.1. The first kappa shape index (κ1) is 14.5. The van der Waals surface area contributed by atoms with Crippen LogP contribution in [-0.2, 0) is 0 Å². The molecule has 22 heavy (non-hydrogen) atoms. The molecule has 3 heterocycles. The minimum absolute atomic E-state index is 0.142. The highest BCUT2D eigenvalue weighted by molar-refractivity contribution is 5.89. The predicted molar refractivity (Wildman–Crippen MR) is 80.2 cm³/mol. The topological polar surface area (TPSA) is 84.2 Å². The normalized spacial score (nSPS) is 18.8. The number of likely N-dealkylation sites (tertiary alicyclic amines) is 1. The van der Waals surface area contributed by atoms with Gasteiger partial charge in [0, 0.05) is 19.7 Å². The standard InChI is InChI=1S/C15H19N5O2/c1-11-17-14(19-22-11)13-7-3-2-4-9-20(13)15(21)18-12-6-5-8-16-10-12/h5-6,8,10,13H,2-4,7,9H2,1H3,(H,18,21)/t13-/m0/s1. The van der Waals surface area contributed by atoms with E-state index < -0.39 is 0 Å². The number of pyridine rings is 1. The average Bonchev–Trinajstić information content (AvgIpc) is 2.81. The van der Waals surface area contributed by atoms with Crippen LogP contribution in [0.3, 0.4) is 0 Å². The molecule has 0 aromatic carbocycles. The Balaban J connectivity index is 1.79. The number of nitrogens with one attached hydrogen (secondary N) is 1. The first-order valence-electron chi connectivity index (χ1n) is 7.52. The maximum atomic E-state index is 12.6. The van der Waals surface area contributed by atoms with Gasteiger partial charge in [-0.1, -0.05) is 18.0 Å². The van der Waals surface area contributed by atoms with Crippen molar-refractivity contribution in [2.45, 2.75) is 38.6 Å². The van der Waals surface area contributed by atoms with Gasteiger partial charge in [-0.25, -0.2) is 4.79 Å². The number of hydrogen-bond acceptors (Lipinski definition) is 5. The fourth-order valence-corrected chi connectivity index (χ4v) is 2.70. The molecule has 1 N–H and O–H groups in total. The van der Waals surface area contributed by atoms with Crippen molar-refractivity contribution in [3.8, 4) is 0 Å². The van der Waals surface area contributed by atoms with Gasteiger partial charge in [0.1, 0.15) is 0 Å². The van der Waals surface area contributed by atoms with Crippen molar-refractivity contribution in [3.05, 3.63) is 36.2 Å². The zero-order chi connectivity index (χ0) is 15.4. The van der Waals surface area contributed by atoms with Gasteiger partial charge in [-0.2, -0.15) is 4.98 Å². The molecule has 0 aliphatic carbocycles. The van der Waals surface area contributed by atoms with Crippen molar-refractivity contribution in [2.75, 3.05) is 11.9 Å². The number of amides is 2. The number of carbonyl (C=O) groups excluding carboxylic acids is 1. The van der Waals surface area contributed by atoms with E-state index in [1.807, 2.05) is 6.07 Å². The summed E-state index contributed by atoms with van der Waals surface area (Å²) in [4.78, 5) is 22.7. The van der Waals surface area contributed by atoms with Gasteiger partial charge in [0.2, 0.25) is 5.89 Å². The van der Waals surface area contributed by atoms with E-state index in [0.29, 0.717) is 23.9 Å². The van der Waals surface area contributed by atoms with E-state index >= 15 is 0 Å². The van der Waals surface area contributed by atoms with Crippen molar-refractivity contribution in [1.29, 1.82) is 0 Å². The highest BCUT2D eigenvalue weighted by Gasteiger charge is 2.30. The number of nitrogens with zero attached hydrogens (tertiary/aromatic N) is 4. The number of aryl methyl sites for hydroxylation is 1. The second-order valence-corrected chi connectivity index (χ2v) is 5.40. The van der Waals surface area contributed by atoms with Gasteiger partial charge in [-0.15, -0.1) is 0 Å². The summed E-state index contributed by atoms with van der Waals surface area (Å²) in [5.74, 6) is 1.10. The second-order valence-electron chi connectivity index (χ2n) is 5.40. The third kappa shape index (κ3) is 3.24. The molecule has 116 valence electrons. The van der Waals surface area contributed by atoms with Gasteiger partial charge < -0.3 is 14.7 Å². The first-order chi connectivity index (χ1) is 10.7.